The summed E-state index contributed by atoms with van der Waals surface area (Å²) in [5.74, 6) is 0.703. The highest BCUT2D eigenvalue weighted by atomic mass is 32.2. The summed E-state index contributed by atoms with van der Waals surface area (Å²) in [7, 11) is 0. The first-order chi connectivity index (χ1) is 10.0. The fourth-order valence-corrected chi connectivity index (χ4v) is 2.95. The Bertz CT molecular complexity index is 596. The van der Waals surface area contributed by atoms with Crippen molar-refractivity contribution in [1.82, 2.24) is 9.97 Å². The average Bonchev–Trinajstić information content (AvgIpc) is 2.90. The number of aromatic amines is 1. The number of hydrogen-bond donors (Lipinski definition) is 3. The minimum Gasteiger partial charge on any atom is -0.367 e. The molecular weight excluding hydrogens is 292 g/mol. The van der Waals surface area contributed by atoms with Crippen LogP contribution in [-0.2, 0) is 15.3 Å². The Hall–Kier alpha value is -1.54. The molecule has 21 heavy (non-hydrogen) atoms. The van der Waals surface area contributed by atoms with Gasteiger partial charge in [-0.3, -0.25) is 8.98 Å². The van der Waals surface area contributed by atoms with Crippen molar-refractivity contribution in [1.29, 1.82) is 5.41 Å². The average molecular weight is 312 g/mol. The van der Waals surface area contributed by atoms with Crippen molar-refractivity contribution in [2.75, 3.05) is 11.6 Å². The van der Waals surface area contributed by atoms with Crippen LogP contribution >= 0.6 is 0 Å². The molecule has 1 heterocycles. The molecule has 0 bridgehead atoms. The molecule has 2 unspecified atom stereocenters. The van der Waals surface area contributed by atoms with Gasteiger partial charge in [0, 0.05) is 18.5 Å². The second kappa shape index (κ2) is 6.95. The Labute approximate surface area is 125 Å². The summed E-state index contributed by atoms with van der Waals surface area (Å²) < 4.78 is 16.3. The van der Waals surface area contributed by atoms with E-state index < -0.39 is 22.7 Å². The summed E-state index contributed by atoms with van der Waals surface area (Å²) in [6.07, 6.45) is 6.20. The molecule has 0 radical (unpaired) electrons. The molecule has 0 saturated heterocycles. The molecule has 3 N–H and O–H groups in total. The van der Waals surface area contributed by atoms with Gasteiger partial charge in [0.15, 0.2) is 11.1 Å². The molecule has 7 nitrogen and oxygen atoms in total. The number of rotatable bonds is 6. The van der Waals surface area contributed by atoms with Gasteiger partial charge in [-0.05, 0) is 19.8 Å². The molecule has 1 saturated carbocycles. The quantitative estimate of drug-likeness (QED) is 0.690. The molecule has 116 valence electrons. The largest absolute Gasteiger partial charge is 0.367 e. The third-order valence-corrected chi connectivity index (χ3v) is 4.04. The van der Waals surface area contributed by atoms with Gasteiger partial charge in [-0.1, -0.05) is 12.8 Å². The van der Waals surface area contributed by atoms with Gasteiger partial charge in [0.05, 0.1) is 5.56 Å². The van der Waals surface area contributed by atoms with Crippen molar-refractivity contribution >= 4 is 23.1 Å². The Morgan fingerprint density at radius 1 is 1.52 bits per heavy atom. The molecule has 1 aromatic rings. The van der Waals surface area contributed by atoms with Crippen LogP contribution in [-0.4, -0.2) is 32.7 Å². The normalized spacial score (nSPS) is 18.4. The molecule has 0 aliphatic heterocycles. The molecule has 1 fully saturated rings. The van der Waals surface area contributed by atoms with Crippen LogP contribution in [0.3, 0.4) is 0 Å². The van der Waals surface area contributed by atoms with E-state index in [1.807, 2.05) is 0 Å². The van der Waals surface area contributed by atoms with E-state index in [1.165, 1.54) is 6.26 Å². The van der Waals surface area contributed by atoms with E-state index in [1.54, 1.807) is 6.92 Å². The maximum absolute atomic E-state index is 12.0. The van der Waals surface area contributed by atoms with Gasteiger partial charge in [0.2, 0.25) is 0 Å². The molecule has 1 aromatic heterocycles. The predicted octanol–water partition coefficient (Wildman–Crippen LogP) is 1.49. The highest BCUT2D eigenvalue weighted by molar-refractivity contribution is 7.79. The van der Waals surface area contributed by atoms with E-state index in [0.717, 1.165) is 31.9 Å². The number of H-pyrrole nitrogens is 1. The molecule has 2 atom stereocenters. The van der Waals surface area contributed by atoms with Crippen LogP contribution in [0.4, 0.5) is 5.82 Å². The highest BCUT2D eigenvalue weighted by Crippen LogP contribution is 2.23. The van der Waals surface area contributed by atoms with Crippen LogP contribution in [0.1, 0.15) is 50.1 Å². The minimum atomic E-state index is -1.45. The lowest BCUT2D eigenvalue weighted by molar-refractivity contribution is 0.244. The zero-order chi connectivity index (χ0) is 15.4. The van der Waals surface area contributed by atoms with Gasteiger partial charge in [-0.2, -0.15) is 0 Å². The van der Waals surface area contributed by atoms with Crippen LogP contribution in [0, 0.1) is 5.41 Å². The summed E-state index contributed by atoms with van der Waals surface area (Å²) in [5, 5.41) is 10.6. The second-order valence-corrected chi connectivity index (χ2v) is 6.12. The van der Waals surface area contributed by atoms with Gasteiger partial charge in [0.25, 0.3) is 5.56 Å². The highest BCUT2D eigenvalue weighted by Gasteiger charge is 2.20. The van der Waals surface area contributed by atoms with Crippen molar-refractivity contribution in [2.24, 2.45) is 0 Å². The number of nitrogens with one attached hydrogen (secondary N) is 3. The van der Waals surface area contributed by atoms with Gasteiger partial charge in [0.1, 0.15) is 17.7 Å². The summed E-state index contributed by atoms with van der Waals surface area (Å²) in [6.45, 7) is 1.67. The van der Waals surface area contributed by atoms with Crippen LogP contribution in [0.5, 0.6) is 0 Å². The summed E-state index contributed by atoms with van der Waals surface area (Å²) in [5.41, 5.74) is -0.191. The molecular formula is C13H20N4O3S. The number of hydrogen-bond acceptors (Lipinski definition) is 6. The standard InChI is InChI=1S/C13H20N4O3S/c1-8(20-21(2)19)11-16-12(10(7-14)13(18)17-11)15-9-5-3-4-6-9/h7-9,14H,3-6H2,1-2H3,(H2,15,16,17,18). The lowest BCUT2D eigenvalue weighted by atomic mass is 10.2. The number of aromatic nitrogens is 2. The third kappa shape index (κ3) is 3.98. The predicted molar refractivity (Wildman–Crippen MR) is 82.2 cm³/mol. The molecule has 1 aliphatic rings. The zero-order valence-electron chi connectivity index (χ0n) is 12.1. The summed E-state index contributed by atoms with van der Waals surface area (Å²) in [4.78, 5) is 19.0. The van der Waals surface area contributed by atoms with E-state index in [9.17, 15) is 9.00 Å². The first kappa shape index (κ1) is 15.8. The van der Waals surface area contributed by atoms with Crippen molar-refractivity contribution < 1.29 is 8.39 Å². The van der Waals surface area contributed by atoms with E-state index in [4.69, 9.17) is 9.59 Å². The van der Waals surface area contributed by atoms with Gasteiger partial charge < -0.3 is 15.7 Å². The van der Waals surface area contributed by atoms with E-state index in [0.29, 0.717) is 11.6 Å². The first-order valence-electron chi connectivity index (χ1n) is 6.93. The molecule has 0 spiro atoms. The number of nitrogens with zero attached hydrogens (tertiary/aromatic N) is 1. The van der Waals surface area contributed by atoms with Gasteiger partial charge in [-0.15, -0.1) is 0 Å². The maximum Gasteiger partial charge on any atom is 0.261 e. The summed E-state index contributed by atoms with van der Waals surface area (Å²) >= 11 is -1.45. The Morgan fingerprint density at radius 2 is 2.19 bits per heavy atom. The Morgan fingerprint density at radius 3 is 2.76 bits per heavy atom. The fraction of sp³-hybridized carbons (Fsp3) is 0.615. The number of anilines is 1. The monoisotopic (exact) mass is 312 g/mol. The van der Waals surface area contributed by atoms with Crippen LogP contribution in [0.15, 0.2) is 4.79 Å². The molecule has 1 aliphatic carbocycles. The SMILES string of the molecule is CC(OS(C)=O)c1nc(NC2CCCC2)c(C=N)c(=O)[nH]1. The topological polar surface area (TPSA) is 108 Å². The molecule has 8 heteroatoms. The lowest BCUT2D eigenvalue weighted by Gasteiger charge is -2.16. The molecule has 0 aromatic carbocycles. The maximum atomic E-state index is 12.0. The van der Waals surface area contributed by atoms with Gasteiger partial charge in [-0.25, -0.2) is 9.19 Å². The van der Waals surface area contributed by atoms with Gasteiger partial charge >= 0.3 is 0 Å². The molecule has 0 amide bonds. The Balaban J connectivity index is 2.31. The van der Waals surface area contributed by atoms with Crippen LogP contribution in [0.2, 0.25) is 0 Å². The van der Waals surface area contributed by atoms with E-state index in [-0.39, 0.29) is 11.6 Å². The van der Waals surface area contributed by atoms with Crippen LogP contribution in [0.25, 0.3) is 0 Å². The van der Waals surface area contributed by atoms with Crippen molar-refractivity contribution in [3.63, 3.8) is 0 Å². The molecule has 2 rings (SSSR count). The van der Waals surface area contributed by atoms with Crippen LogP contribution < -0.4 is 10.9 Å². The summed E-state index contributed by atoms with van der Waals surface area (Å²) in [6, 6.07) is 0.280. The lowest BCUT2D eigenvalue weighted by Crippen LogP contribution is -2.25. The smallest absolute Gasteiger partial charge is 0.261 e. The van der Waals surface area contributed by atoms with Crippen molar-refractivity contribution in [2.45, 2.75) is 44.8 Å². The first-order valence-corrected chi connectivity index (χ1v) is 8.41. The van der Waals surface area contributed by atoms with E-state index >= 15 is 0 Å². The fourth-order valence-electron chi connectivity index (χ4n) is 2.45. The van der Waals surface area contributed by atoms with E-state index in [2.05, 4.69) is 15.3 Å². The van der Waals surface area contributed by atoms with Crippen molar-refractivity contribution in [3.8, 4) is 0 Å². The Kier molecular flexibility index (Phi) is 5.24. The third-order valence-electron chi connectivity index (χ3n) is 3.48. The second-order valence-electron chi connectivity index (χ2n) is 5.12. The zero-order valence-corrected chi connectivity index (χ0v) is 13.0. The minimum absolute atomic E-state index is 0.204. The van der Waals surface area contributed by atoms with Crippen molar-refractivity contribution in [3.05, 3.63) is 21.7 Å².